The molecular weight excluding hydrogens is 184 g/mol. The molecule has 0 aliphatic carbocycles. The first kappa shape index (κ1) is 8.36. The summed E-state index contributed by atoms with van der Waals surface area (Å²) < 4.78 is 0. The van der Waals surface area contributed by atoms with Crippen LogP contribution in [-0.2, 0) is 0 Å². The summed E-state index contributed by atoms with van der Waals surface area (Å²) in [6.07, 6.45) is 0. The lowest BCUT2D eigenvalue weighted by Gasteiger charge is -2.01. The molecule has 0 radical (unpaired) electrons. The van der Waals surface area contributed by atoms with E-state index in [0.29, 0.717) is 5.69 Å². The van der Waals surface area contributed by atoms with Gasteiger partial charge in [0.2, 0.25) is 0 Å². The van der Waals surface area contributed by atoms with E-state index in [0.717, 1.165) is 0 Å². The van der Waals surface area contributed by atoms with E-state index in [9.17, 15) is 9.59 Å². The van der Waals surface area contributed by atoms with Gasteiger partial charge in [0.1, 0.15) is 0 Å². The fourth-order valence-electron chi connectivity index (χ4n) is 1.36. The maximum atomic E-state index is 11.3. The predicted octanol–water partition coefficient (Wildman–Crippen LogP) is -0.619. The van der Waals surface area contributed by atoms with Crippen LogP contribution in [0.3, 0.4) is 0 Å². The number of hydrogen-bond acceptors (Lipinski definition) is 4. The van der Waals surface area contributed by atoms with Gasteiger partial charge in [-0.25, -0.2) is 0 Å². The molecule has 6 N–H and O–H groups in total. The molecular formula is C8H8N4O2. The summed E-state index contributed by atoms with van der Waals surface area (Å²) in [6.45, 7) is 0. The van der Waals surface area contributed by atoms with E-state index in [1.807, 2.05) is 0 Å². The Hall–Kier alpha value is -2.24. The largest absolute Gasteiger partial charge is 0.399 e. The van der Waals surface area contributed by atoms with E-state index in [4.69, 9.17) is 11.5 Å². The number of fused-ring (bicyclic) bond motifs is 1. The number of hydrogen-bond donors (Lipinski definition) is 4. The van der Waals surface area contributed by atoms with Crippen molar-refractivity contribution in [2.45, 2.75) is 0 Å². The third kappa shape index (κ3) is 1.05. The van der Waals surface area contributed by atoms with Crippen LogP contribution in [0.2, 0.25) is 0 Å². The summed E-state index contributed by atoms with van der Waals surface area (Å²) in [5.41, 5.74) is 10.8. The second kappa shape index (κ2) is 2.63. The lowest BCUT2D eigenvalue weighted by atomic mass is 10.1. The standard InChI is InChI=1S/C8H8N4O2/c9-3-1-4-6(5(10)2-3)8(14)12-11-7(4)13/h1-2H,9-10H2,(H,11,13)(H,12,14). The van der Waals surface area contributed by atoms with Gasteiger partial charge in [0, 0.05) is 11.4 Å². The highest BCUT2D eigenvalue weighted by atomic mass is 16.1. The molecule has 6 heteroatoms. The van der Waals surface area contributed by atoms with Crippen molar-refractivity contribution in [3.8, 4) is 0 Å². The van der Waals surface area contributed by atoms with Gasteiger partial charge in [-0.05, 0) is 12.1 Å². The quantitative estimate of drug-likeness (QED) is 0.416. The fourth-order valence-corrected chi connectivity index (χ4v) is 1.36. The predicted molar refractivity (Wildman–Crippen MR) is 54.0 cm³/mol. The van der Waals surface area contributed by atoms with Gasteiger partial charge in [0.25, 0.3) is 11.1 Å². The van der Waals surface area contributed by atoms with Crippen molar-refractivity contribution >= 4 is 22.1 Å². The molecule has 0 fully saturated rings. The molecule has 0 saturated carbocycles. The van der Waals surface area contributed by atoms with Crippen molar-refractivity contribution < 1.29 is 0 Å². The molecule has 0 amide bonds. The van der Waals surface area contributed by atoms with E-state index < -0.39 is 11.1 Å². The molecule has 2 aromatic rings. The summed E-state index contributed by atoms with van der Waals surface area (Å²) in [4.78, 5) is 22.6. The van der Waals surface area contributed by atoms with E-state index in [2.05, 4.69) is 10.2 Å². The summed E-state index contributed by atoms with van der Waals surface area (Å²) in [7, 11) is 0. The SMILES string of the molecule is Nc1cc(N)c2c(=O)[nH][nH]c(=O)c2c1. The number of aromatic amines is 2. The molecule has 1 heterocycles. The molecule has 0 bridgehead atoms. The van der Waals surface area contributed by atoms with Gasteiger partial charge in [-0.1, -0.05) is 0 Å². The van der Waals surface area contributed by atoms with Gasteiger partial charge in [0.05, 0.1) is 10.8 Å². The summed E-state index contributed by atoms with van der Waals surface area (Å²) in [5, 5.41) is 4.75. The molecule has 0 atom stereocenters. The average Bonchev–Trinajstić information content (AvgIpc) is 2.10. The van der Waals surface area contributed by atoms with Crippen molar-refractivity contribution in [1.29, 1.82) is 0 Å². The molecule has 1 aromatic heterocycles. The first-order valence-corrected chi connectivity index (χ1v) is 3.89. The van der Waals surface area contributed by atoms with E-state index in [1.165, 1.54) is 12.1 Å². The van der Waals surface area contributed by atoms with Crippen LogP contribution in [-0.4, -0.2) is 10.2 Å². The normalized spacial score (nSPS) is 10.6. The Morgan fingerprint density at radius 2 is 1.64 bits per heavy atom. The molecule has 0 aliphatic rings. The van der Waals surface area contributed by atoms with Crippen molar-refractivity contribution in [2.75, 3.05) is 11.5 Å². The third-order valence-electron chi connectivity index (χ3n) is 1.95. The number of aromatic nitrogens is 2. The van der Waals surface area contributed by atoms with Crippen LogP contribution in [0.5, 0.6) is 0 Å². The number of nitrogen functional groups attached to an aromatic ring is 2. The third-order valence-corrected chi connectivity index (χ3v) is 1.95. The fraction of sp³-hybridized carbons (Fsp3) is 0. The lowest BCUT2D eigenvalue weighted by Crippen LogP contribution is -2.20. The first-order valence-electron chi connectivity index (χ1n) is 3.89. The van der Waals surface area contributed by atoms with Crippen LogP contribution in [0, 0.1) is 0 Å². The minimum Gasteiger partial charge on any atom is -0.399 e. The molecule has 0 aliphatic heterocycles. The van der Waals surface area contributed by atoms with Crippen LogP contribution < -0.4 is 22.6 Å². The van der Waals surface area contributed by atoms with E-state index >= 15 is 0 Å². The minimum atomic E-state index is -0.433. The van der Waals surface area contributed by atoms with Gasteiger partial charge in [-0.15, -0.1) is 0 Å². The number of H-pyrrole nitrogens is 2. The zero-order valence-electron chi connectivity index (χ0n) is 7.13. The Bertz CT molecular complexity index is 611. The van der Waals surface area contributed by atoms with E-state index in [-0.39, 0.29) is 16.5 Å². The molecule has 0 saturated heterocycles. The summed E-state index contributed by atoms with van der Waals surface area (Å²) in [5.74, 6) is 0. The van der Waals surface area contributed by atoms with Crippen LogP contribution in [0.4, 0.5) is 11.4 Å². The van der Waals surface area contributed by atoms with Crippen molar-refractivity contribution in [3.05, 3.63) is 32.8 Å². The summed E-state index contributed by atoms with van der Waals surface area (Å²) >= 11 is 0. The Morgan fingerprint density at radius 1 is 1.00 bits per heavy atom. The Labute approximate surface area is 77.5 Å². The molecule has 1 aromatic carbocycles. The van der Waals surface area contributed by atoms with E-state index in [1.54, 1.807) is 0 Å². The zero-order valence-corrected chi connectivity index (χ0v) is 7.13. The Balaban J connectivity index is 3.16. The average molecular weight is 192 g/mol. The topological polar surface area (TPSA) is 118 Å². The minimum absolute atomic E-state index is 0.169. The number of benzene rings is 1. The molecule has 2 rings (SSSR count). The van der Waals surface area contributed by atoms with Gasteiger partial charge in [-0.2, -0.15) is 0 Å². The monoisotopic (exact) mass is 192 g/mol. The van der Waals surface area contributed by atoms with Crippen LogP contribution >= 0.6 is 0 Å². The highest BCUT2D eigenvalue weighted by molar-refractivity contribution is 5.94. The van der Waals surface area contributed by atoms with Crippen molar-refractivity contribution in [3.63, 3.8) is 0 Å². The van der Waals surface area contributed by atoms with Gasteiger partial charge in [-0.3, -0.25) is 19.8 Å². The maximum Gasteiger partial charge on any atom is 0.272 e. The molecule has 6 nitrogen and oxygen atoms in total. The Morgan fingerprint density at radius 3 is 2.36 bits per heavy atom. The number of nitrogens with one attached hydrogen (secondary N) is 2. The van der Waals surface area contributed by atoms with Gasteiger partial charge >= 0.3 is 0 Å². The van der Waals surface area contributed by atoms with Gasteiger partial charge < -0.3 is 11.5 Å². The van der Waals surface area contributed by atoms with Crippen molar-refractivity contribution in [2.24, 2.45) is 0 Å². The molecule has 0 spiro atoms. The number of rotatable bonds is 0. The number of anilines is 2. The lowest BCUT2D eigenvalue weighted by molar-refractivity contribution is 0.977. The second-order valence-electron chi connectivity index (χ2n) is 2.94. The summed E-state index contributed by atoms with van der Waals surface area (Å²) in [6, 6.07) is 2.86. The maximum absolute atomic E-state index is 11.3. The van der Waals surface area contributed by atoms with Gasteiger partial charge in [0.15, 0.2) is 0 Å². The highest BCUT2D eigenvalue weighted by Crippen LogP contribution is 2.17. The van der Waals surface area contributed by atoms with Crippen molar-refractivity contribution in [1.82, 2.24) is 10.2 Å². The smallest absolute Gasteiger partial charge is 0.272 e. The van der Waals surface area contributed by atoms with Crippen LogP contribution in [0.15, 0.2) is 21.7 Å². The first-order chi connectivity index (χ1) is 6.59. The zero-order chi connectivity index (χ0) is 10.3. The Kier molecular flexibility index (Phi) is 1.57. The number of nitrogens with two attached hydrogens (primary N) is 2. The van der Waals surface area contributed by atoms with Crippen LogP contribution in [0.1, 0.15) is 0 Å². The molecule has 0 unspecified atom stereocenters. The molecule has 72 valence electrons. The molecule has 14 heavy (non-hydrogen) atoms. The van der Waals surface area contributed by atoms with Crippen LogP contribution in [0.25, 0.3) is 10.8 Å². The highest BCUT2D eigenvalue weighted by Gasteiger charge is 2.06. The second-order valence-corrected chi connectivity index (χ2v) is 2.94.